The van der Waals surface area contributed by atoms with Gasteiger partial charge in [0.05, 0.1) is 45.2 Å². The third-order valence-corrected chi connectivity index (χ3v) is 2.77. The smallest absolute Gasteiger partial charge is 0.283 e. The molecule has 6 N–H and O–H groups in total. The summed E-state index contributed by atoms with van der Waals surface area (Å²) < 4.78 is 0. The molecular formula is C11H15N5O9. The predicted octanol–water partition coefficient (Wildman–Crippen LogP) is -3.15. The van der Waals surface area contributed by atoms with E-state index in [2.05, 4.69) is 11.5 Å². The average molecular weight is 361 g/mol. The van der Waals surface area contributed by atoms with Gasteiger partial charge in [0, 0.05) is 12.8 Å². The minimum Gasteiger partial charge on any atom is -0.863 e. The van der Waals surface area contributed by atoms with Gasteiger partial charge in [-0.3, -0.25) is 30.3 Å². The Balaban J connectivity index is 0.000000547. The van der Waals surface area contributed by atoms with E-state index in [0.29, 0.717) is 18.6 Å². The molecule has 0 amide bonds. The van der Waals surface area contributed by atoms with Crippen molar-refractivity contribution in [3.63, 3.8) is 0 Å². The van der Waals surface area contributed by atoms with Crippen molar-refractivity contribution in [1.29, 1.82) is 0 Å². The molecule has 0 aromatic heterocycles. The van der Waals surface area contributed by atoms with Crippen LogP contribution in [0.25, 0.3) is 0 Å². The molecule has 1 rings (SSSR count). The maximum atomic E-state index is 11.1. The lowest BCUT2D eigenvalue weighted by Gasteiger charge is -2.06. The molecule has 0 bridgehead atoms. The van der Waals surface area contributed by atoms with E-state index in [1.54, 1.807) is 0 Å². The van der Waals surface area contributed by atoms with Crippen molar-refractivity contribution in [2.75, 3.05) is 6.54 Å². The van der Waals surface area contributed by atoms with E-state index < -0.39 is 49.6 Å². The van der Waals surface area contributed by atoms with Gasteiger partial charge >= 0.3 is 0 Å². The second-order valence-corrected chi connectivity index (χ2v) is 4.60. The van der Waals surface area contributed by atoms with Crippen LogP contribution in [0.15, 0.2) is 12.1 Å². The first kappa shape index (κ1) is 21.6. The molecule has 14 nitrogen and oxygen atoms in total. The molecule has 1 aromatic carbocycles. The number of nitrogens with zero attached hydrogens (tertiary/aromatic N) is 3. The fourth-order valence-corrected chi connectivity index (χ4v) is 1.47. The second kappa shape index (κ2) is 9.68. The topological polar surface area (TPSA) is 248 Å². The molecule has 0 fully saturated rings. The Kier molecular flexibility index (Phi) is 8.37. The number of nitro benzene ring substituents is 3. The third-order valence-electron chi connectivity index (χ3n) is 2.77. The largest absolute Gasteiger partial charge is 0.863 e. The lowest BCUT2D eigenvalue weighted by atomic mass is 10.2. The van der Waals surface area contributed by atoms with E-state index in [9.17, 15) is 45.4 Å². The van der Waals surface area contributed by atoms with Crippen molar-refractivity contribution in [1.82, 2.24) is 0 Å². The molecule has 0 spiro atoms. The van der Waals surface area contributed by atoms with Gasteiger partial charge in [-0.2, -0.15) is 0 Å². The molecule has 14 heteroatoms. The average Bonchev–Trinajstić information content (AvgIpc) is 2.52. The zero-order valence-electron chi connectivity index (χ0n) is 12.8. The Labute approximate surface area is 139 Å². The fourth-order valence-electron chi connectivity index (χ4n) is 1.47. The molecule has 138 valence electrons. The molecule has 0 aliphatic carbocycles. The van der Waals surface area contributed by atoms with Crippen LogP contribution in [0.2, 0.25) is 0 Å². The van der Waals surface area contributed by atoms with E-state index in [0.717, 1.165) is 13.0 Å². The van der Waals surface area contributed by atoms with E-state index in [4.69, 9.17) is 0 Å². The maximum absolute atomic E-state index is 11.1. The SMILES string of the molecule is O=[N+]([O-])c1cc([N+](=O)[O-])c([O-])c([N+](=O)[O-])c1.[NH3+]CCCC([NH3+])C(=O)[O-]. The normalized spacial score (nSPS) is 11.0. The van der Waals surface area contributed by atoms with Gasteiger partial charge < -0.3 is 26.5 Å². The molecule has 0 aliphatic rings. The highest BCUT2D eigenvalue weighted by atomic mass is 16.6. The second-order valence-electron chi connectivity index (χ2n) is 4.60. The summed E-state index contributed by atoms with van der Waals surface area (Å²) in [5.74, 6) is -2.52. The minimum absolute atomic E-state index is 0.384. The molecule has 0 saturated carbocycles. The first-order valence-electron chi connectivity index (χ1n) is 6.64. The van der Waals surface area contributed by atoms with Crippen LogP contribution in [0, 0.1) is 30.3 Å². The Morgan fingerprint density at radius 2 is 1.48 bits per heavy atom. The van der Waals surface area contributed by atoms with Crippen LogP contribution < -0.4 is 21.7 Å². The van der Waals surface area contributed by atoms with Crippen LogP contribution in [0.4, 0.5) is 17.1 Å². The Morgan fingerprint density at radius 1 is 1.04 bits per heavy atom. The summed E-state index contributed by atoms with van der Waals surface area (Å²) >= 11 is 0. The van der Waals surface area contributed by atoms with Crippen LogP contribution in [0.1, 0.15) is 12.8 Å². The zero-order chi connectivity index (χ0) is 19.7. The summed E-state index contributed by atoms with van der Waals surface area (Å²) in [6.07, 6.45) is 1.38. The summed E-state index contributed by atoms with van der Waals surface area (Å²) in [7, 11) is 0. The summed E-state index contributed by atoms with van der Waals surface area (Å²) in [5.41, 5.74) is 3.70. The number of quaternary nitrogens is 2. The standard InChI is InChI=1S/C6H3N3O7.C5H12N2O2/c10-6-4(8(13)14)1-3(7(11)12)2-5(6)9(15)16;6-3-1-2-4(7)5(8)9/h1-2,10H;4H,1-3,6-7H2,(H,8,9). The van der Waals surface area contributed by atoms with Gasteiger partial charge in [-0.15, -0.1) is 0 Å². The monoisotopic (exact) mass is 361 g/mol. The van der Waals surface area contributed by atoms with Crippen LogP contribution in [0.5, 0.6) is 5.75 Å². The predicted molar refractivity (Wildman–Crippen MR) is 74.5 cm³/mol. The number of carbonyl (C=O) groups is 1. The van der Waals surface area contributed by atoms with Crippen molar-refractivity contribution in [2.24, 2.45) is 0 Å². The highest BCUT2D eigenvalue weighted by molar-refractivity contribution is 5.69. The third kappa shape index (κ3) is 6.71. The van der Waals surface area contributed by atoms with Gasteiger partial charge in [0.1, 0.15) is 6.04 Å². The number of benzene rings is 1. The number of hydrogen-bond donors (Lipinski definition) is 2. The highest BCUT2D eigenvalue weighted by Gasteiger charge is 2.24. The van der Waals surface area contributed by atoms with Gasteiger partial charge in [0.2, 0.25) is 0 Å². The summed E-state index contributed by atoms with van der Waals surface area (Å²) in [5, 5.41) is 52.1. The lowest BCUT2D eigenvalue weighted by molar-refractivity contribution is -0.441. The lowest BCUT2D eigenvalue weighted by Crippen LogP contribution is -2.68. The van der Waals surface area contributed by atoms with Gasteiger partial charge in [0.25, 0.3) is 17.1 Å². The summed E-state index contributed by atoms with van der Waals surface area (Å²) in [6, 6.07) is 0.205. The summed E-state index contributed by atoms with van der Waals surface area (Å²) in [4.78, 5) is 37.5. The Bertz CT molecular complexity index is 643. The zero-order valence-corrected chi connectivity index (χ0v) is 12.8. The van der Waals surface area contributed by atoms with Crippen LogP contribution in [-0.4, -0.2) is 33.3 Å². The van der Waals surface area contributed by atoms with Gasteiger partial charge in [-0.1, -0.05) is 0 Å². The number of nitro groups is 3. The van der Waals surface area contributed by atoms with Crippen molar-refractivity contribution < 1.29 is 41.2 Å². The highest BCUT2D eigenvalue weighted by Crippen LogP contribution is 2.36. The van der Waals surface area contributed by atoms with Crippen molar-refractivity contribution in [3.8, 4) is 5.75 Å². The van der Waals surface area contributed by atoms with Gasteiger partial charge in [0.15, 0.2) is 0 Å². The van der Waals surface area contributed by atoms with Crippen molar-refractivity contribution in [3.05, 3.63) is 42.5 Å². The fraction of sp³-hybridized carbons (Fsp3) is 0.364. The van der Waals surface area contributed by atoms with Crippen molar-refractivity contribution >= 4 is 23.0 Å². The molecule has 1 aromatic rings. The molecule has 1 unspecified atom stereocenters. The number of carbonyl (C=O) groups excluding carboxylic acids is 1. The van der Waals surface area contributed by atoms with Crippen LogP contribution in [-0.2, 0) is 4.79 Å². The minimum atomic E-state index is -1.46. The first-order chi connectivity index (χ1) is 11.5. The number of carboxylic acid groups (broad SMARTS) is 1. The van der Waals surface area contributed by atoms with E-state index in [1.807, 2.05) is 0 Å². The number of aliphatic carboxylic acids is 1. The van der Waals surface area contributed by atoms with Crippen molar-refractivity contribution in [2.45, 2.75) is 18.9 Å². The van der Waals surface area contributed by atoms with Gasteiger partial charge in [-0.25, -0.2) is 0 Å². The maximum Gasteiger partial charge on any atom is 0.283 e. The summed E-state index contributed by atoms with van der Waals surface area (Å²) in [6.45, 7) is 0.763. The van der Waals surface area contributed by atoms with E-state index in [-0.39, 0.29) is 0 Å². The molecule has 25 heavy (non-hydrogen) atoms. The first-order valence-corrected chi connectivity index (χ1v) is 6.64. The number of carboxylic acids is 1. The molecular weight excluding hydrogens is 346 g/mol. The quantitative estimate of drug-likeness (QED) is 0.367. The Hall–Kier alpha value is -3.39. The van der Waals surface area contributed by atoms with Crippen LogP contribution >= 0.6 is 0 Å². The molecule has 0 aliphatic heterocycles. The van der Waals surface area contributed by atoms with E-state index >= 15 is 0 Å². The van der Waals surface area contributed by atoms with Crippen LogP contribution in [0.3, 0.4) is 0 Å². The number of hydrogen-bond acceptors (Lipinski definition) is 9. The number of rotatable bonds is 7. The van der Waals surface area contributed by atoms with Gasteiger partial charge in [-0.05, 0) is 0 Å². The van der Waals surface area contributed by atoms with E-state index in [1.165, 1.54) is 0 Å². The molecule has 1 atom stereocenters. The molecule has 0 saturated heterocycles. The number of non-ortho nitro benzene ring substituents is 1. The Morgan fingerprint density at radius 3 is 1.76 bits per heavy atom. The molecule has 0 radical (unpaired) electrons. The molecule has 0 heterocycles.